The second-order valence-electron chi connectivity index (χ2n) is 6.40. The van der Waals surface area contributed by atoms with E-state index in [-0.39, 0.29) is 11.5 Å². The fourth-order valence-electron chi connectivity index (χ4n) is 2.45. The summed E-state index contributed by atoms with van der Waals surface area (Å²) in [5.41, 5.74) is 3.79. The van der Waals surface area contributed by atoms with Gasteiger partial charge in [-0.15, -0.1) is 0 Å². The summed E-state index contributed by atoms with van der Waals surface area (Å²) in [6.45, 7) is 3.97. The third-order valence-electron chi connectivity index (χ3n) is 4.32. The van der Waals surface area contributed by atoms with Crippen LogP contribution >= 0.6 is 0 Å². The van der Waals surface area contributed by atoms with Gasteiger partial charge >= 0.3 is 12.1 Å². The largest absolute Gasteiger partial charge is 0.490 e. The SMILES string of the molecule is Cc1ncn(-c2ccc(NC(=O)c3cccc(=O)n3C)cc2)c1C.O=C(O)C(F)(F)F. The number of carbonyl (C=O) groups excluding carboxylic acids is 1. The molecule has 0 saturated carbocycles. The molecular weight excluding hydrogens is 417 g/mol. The lowest BCUT2D eigenvalue weighted by Gasteiger charge is -2.10. The Morgan fingerprint density at radius 3 is 2.13 bits per heavy atom. The maximum absolute atomic E-state index is 12.3. The number of amides is 1. The molecule has 1 aromatic carbocycles. The van der Waals surface area contributed by atoms with E-state index in [0.29, 0.717) is 11.4 Å². The highest BCUT2D eigenvalue weighted by Crippen LogP contribution is 2.17. The quantitative estimate of drug-likeness (QED) is 0.656. The number of hydrogen-bond donors (Lipinski definition) is 2. The Hall–Kier alpha value is -3.89. The van der Waals surface area contributed by atoms with Gasteiger partial charge in [-0.2, -0.15) is 13.2 Å². The van der Waals surface area contributed by atoms with Crippen molar-refractivity contribution < 1.29 is 27.9 Å². The van der Waals surface area contributed by atoms with Crippen LogP contribution in [0.1, 0.15) is 21.9 Å². The predicted octanol–water partition coefficient (Wildman–Crippen LogP) is 3.07. The minimum Gasteiger partial charge on any atom is -0.475 e. The minimum atomic E-state index is -5.08. The molecule has 2 heterocycles. The molecule has 11 heteroatoms. The first-order valence-corrected chi connectivity index (χ1v) is 8.80. The summed E-state index contributed by atoms with van der Waals surface area (Å²) in [5, 5.41) is 9.93. The number of aryl methyl sites for hydroxylation is 1. The van der Waals surface area contributed by atoms with Crippen molar-refractivity contribution in [2.75, 3.05) is 5.32 Å². The summed E-state index contributed by atoms with van der Waals surface area (Å²) in [5.74, 6) is -3.08. The molecule has 0 unspecified atom stereocenters. The molecule has 0 bridgehead atoms. The number of alkyl halides is 3. The number of anilines is 1. The zero-order chi connectivity index (χ0) is 23.3. The summed E-state index contributed by atoms with van der Waals surface area (Å²) < 4.78 is 35.0. The molecule has 1 amide bonds. The Morgan fingerprint density at radius 1 is 1.06 bits per heavy atom. The third kappa shape index (κ3) is 5.81. The molecular formula is C20H19F3N4O4. The molecule has 0 atom stereocenters. The van der Waals surface area contributed by atoms with Crippen LogP contribution in [0.15, 0.2) is 53.6 Å². The van der Waals surface area contributed by atoms with Crippen LogP contribution in [0.5, 0.6) is 0 Å². The van der Waals surface area contributed by atoms with Gasteiger partial charge in [0.1, 0.15) is 5.69 Å². The fourth-order valence-corrected chi connectivity index (χ4v) is 2.45. The number of carbonyl (C=O) groups is 2. The standard InChI is InChI=1S/C18H18N4O2.C2HF3O2/c1-12-13(2)22(11-19-12)15-9-7-14(8-10-15)20-18(24)16-5-4-6-17(23)21(16)3;3-2(4,5)1(6)7/h4-11H,1-3H3,(H,20,24);(H,6,7). The summed E-state index contributed by atoms with van der Waals surface area (Å²) in [7, 11) is 1.57. The summed E-state index contributed by atoms with van der Waals surface area (Å²) in [4.78, 5) is 37.1. The number of pyridine rings is 1. The Labute approximate surface area is 174 Å². The van der Waals surface area contributed by atoms with Gasteiger partial charge in [0.2, 0.25) is 0 Å². The zero-order valence-electron chi connectivity index (χ0n) is 16.8. The fraction of sp³-hybridized carbons (Fsp3) is 0.200. The highest BCUT2D eigenvalue weighted by atomic mass is 19.4. The lowest BCUT2D eigenvalue weighted by atomic mass is 10.2. The molecule has 164 valence electrons. The zero-order valence-corrected chi connectivity index (χ0v) is 16.8. The number of rotatable bonds is 3. The van der Waals surface area contributed by atoms with Gasteiger partial charge in [0, 0.05) is 30.2 Å². The second-order valence-corrected chi connectivity index (χ2v) is 6.40. The number of imidazole rings is 1. The molecule has 0 saturated heterocycles. The van der Waals surface area contributed by atoms with E-state index in [9.17, 15) is 22.8 Å². The van der Waals surface area contributed by atoms with Crippen molar-refractivity contribution in [3.8, 4) is 5.69 Å². The summed E-state index contributed by atoms with van der Waals surface area (Å²) in [6.07, 6.45) is -3.31. The van der Waals surface area contributed by atoms with Crippen LogP contribution in [0.4, 0.5) is 18.9 Å². The minimum absolute atomic E-state index is 0.219. The molecule has 2 aromatic heterocycles. The summed E-state index contributed by atoms with van der Waals surface area (Å²) >= 11 is 0. The van der Waals surface area contributed by atoms with Crippen molar-refractivity contribution >= 4 is 17.6 Å². The molecule has 8 nitrogen and oxygen atoms in total. The summed E-state index contributed by atoms with van der Waals surface area (Å²) in [6, 6.07) is 12.1. The van der Waals surface area contributed by atoms with Crippen molar-refractivity contribution in [3.05, 3.63) is 76.2 Å². The molecule has 0 aliphatic heterocycles. The predicted molar refractivity (Wildman–Crippen MR) is 106 cm³/mol. The van der Waals surface area contributed by atoms with Gasteiger partial charge in [0.05, 0.1) is 12.0 Å². The highest BCUT2D eigenvalue weighted by molar-refractivity contribution is 6.03. The number of benzene rings is 1. The molecule has 2 N–H and O–H groups in total. The third-order valence-corrected chi connectivity index (χ3v) is 4.32. The first kappa shape index (κ1) is 23.4. The van der Waals surface area contributed by atoms with E-state index >= 15 is 0 Å². The Bertz CT molecular complexity index is 1150. The van der Waals surface area contributed by atoms with Crippen LogP contribution in [-0.4, -0.2) is 37.3 Å². The number of aliphatic carboxylic acids is 1. The highest BCUT2D eigenvalue weighted by Gasteiger charge is 2.38. The van der Waals surface area contributed by atoms with Gasteiger partial charge in [-0.05, 0) is 44.2 Å². The lowest BCUT2D eigenvalue weighted by molar-refractivity contribution is -0.192. The second kappa shape index (κ2) is 9.28. The van der Waals surface area contributed by atoms with Crippen molar-refractivity contribution in [3.63, 3.8) is 0 Å². The Balaban J connectivity index is 0.000000423. The number of aromatic nitrogens is 3. The van der Waals surface area contributed by atoms with Crippen molar-refractivity contribution in [1.29, 1.82) is 0 Å². The smallest absolute Gasteiger partial charge is 0.475 e. The maximum atomic E-state index is 12.3. The van der Waals surface area contributed by atoms with E-state index in [1.54, 1.807) is 25.5 Å². The van der Waals surface area contributed by atoms with Crippen molar-refractivity contribution in [1.82, 2.24) is 14.1 Å². The van der Waals surface area contributed by atoms with Crippen molar-refractivity contribution in [2.24, 2.45) is 7.05 Å². The number of nitrogens with zero attached hydrogens (tertiary/aromatic N) is 3. The molecule has 3 aromatic rings. The Morgan fingerprint density at radius 2 is 1.65 bits per heavy atom. The number of halogens is 3. The molecule has 0 spiro atoms. The average molecular weight is 436 g/mol. The van der Waals surface area contributed by atoms with Gasteiger partial charge in [0.15, 0.2) is 0 Å². The van der Waals surface area contributed by atoms with Crippen LogP contribution in [0.25, 0.3) is 5.69 Å². The number of carboxylic acids is 1. The topological polar surface area (TPSA) is 106 Å². The van der Waals surface area contributed by atoms with E-state index in [0.717, 1.165) is 17.1 Å². The lowest BCUT2D eigenvalue weighted by Crippen LogP contribution is -2.25. The maximum Gasteiger partial charge on any atom is 0.490 e. The van der Waals surface area contributed by atoms with Gasteiger partial charge in [-0.1, -0.05) is 6.07 Å². The first-order chi connectivity index (χ1) is 14.4. The molecule has 31 heavy (non-hydrogen) atoms. The average Bonchev–Trinajstić information content (AvgIpc) is 3.03. The van der Waals surface area contributed by atoms with Crippen LogP contribution < -0.4 is 10.9 Å². The number of nitrogens with one attached hydrogen (secondary N) is 1. The van der Waals surface area contributed by atoms with E-state index < -0.39 is 12.1 Å². The van der Waals surface area contributed by atoms with Gasteiger partial charge < -0.3 is 19.6 Å². The Kier molecular flexibility index (Phi) is 7.00. The van der Waals surface area contributed by atoms with Crippen LogP contribution in [0, 0.1) is 13.8 Å². The van der Waals surface area contributed by atoms with E-state index in [4.69, 9.17) is 9.90 Å². The molecule has 0 aliphatic rings. The molecule has 3 rings (SSSR count). The molecule has 0 radical (unpaired) electrons. The normalized spacial score (nSPS) is 10.8. The van der Waals surface area contributed by atoms with Gasteiger partial charge in [0.25, 0.3) is 11.5 Å². The first-order valence-electron chi connectivity index (χ1n) is 8.80. The monoisotopic (exact) mass is 436 g/mol. The van der Waals surface area contributed by atoms with E-state index in [1.165, 1.54) is 10.6 Å². The van der Waals surface area contributed by atoms with E-state index in [2.05, 4.69) is 10.3 Å². The van der Waals surface area contributed by atoms with Crippen molar-refractivity contribution in [2.45, 2.75) is 20.0 Å². The van der Waals surface area contributed by atoms with Crippen LogP contribution in [0.2, 0.25) is 0 Å². The molecule has 0 aliphatic carbocycles. The van der Waals surface area contributed by atoms with E-state index in [1.807, 2.05) is 42.7 Å². The number of hydrogen-bond acceptors (Lipinski definition) is 4. The van der Waals surface area contributed by atoms with Crippen LogP contribution in [-0.2, 0) is 11.8 Å². The number of carboxylic acid groups (broad SMARTS) is 1. The van der Waals surface area contributed by atoms with Crippen LogP contribution in [0.3, 0.4) is 0 Å². The molecule has 0 fully saturated rings. The van der Waals surface area contributed by atoms with Gasteiger partial charge in [-0.25, -0.2) is 9.78 Å². The van der Waals surface area contributed by atoms with Gasteiger partial charge in [-0.3, -0.25) is 9.59 Å².